The molecule has 0 radical (unpaired) electrons. The molecule has 0 spiro atoms. The summed E-state index contributed by atoms with van der Waals surface area (Å²) in [7, 11) is 0. The van der Waals surface area contributed by atoms with Crippen molar-refractivity contribution < 1.29 is 19.7 Å². The van der Waals surface area contributed by atoms with E-state index in [9.17, 15) is 4.79 Å². The Morgan fingerprint density at radius 1 is 1.80 bits per heavy atom. The molecule has 0 rings (SSSR count). The van der Waals surface area contributed by atoms with Crippen molar-refractivity contribution in [2.24, 2.45) is 0 Å². The molecule has 0 bridgehead atoms. The average Bonchev–Trinajstić information content (AvgIpc) is 1.87. The van der Waals surface area contributed by atoms with E-state index in [1.54, 1.807) is 0 Å². The predicted octanol–water partition coefficient (Wildman–Crippen LogP) is -0.376. The zero-order chi connectivity index (χ0) is 8.15. The van der Waals surface area contributed by atoms with Crippen LogP contribution in [-0.2, 0) is 9.53 Å². The lowest BCUT2D eigenvalue weighted by Gasteiger charge is -2.09. The number of aliphatic hydroxyl groups is 2. The molecular formula is C5H9BrO4. The topological polar surface area (TPSA) is 66.8 Å². The van der Waals surface area contributed by atoms with Crippen LogP contribution in [0.15, 0.2) is 0 Å². The lowest BCUT2D eigenvalue weighted by Crippen LogP contribution is -2.24. The summed E-state index contributed by atoms with van der Waals surface area (Å²) in [6, 6.07) is 0. The Morgan fingerprint density at radius 2 is 2.30 bits per heavy atom. The minimum absolute atomic E-state index is 0.245. The molecule has 0 saturated carbocycles. The highest BCUT2D eigenvalue weighted by Crippen LogP contribution is 1.99. The number of esters is 1. The minimum Gasteiger partial charge on any atom is -0.458 e. The van der Waals surface area contributed by atoms with Crippen molar-refractivity contribution in [3.05, 3.63) is 0 Å². The summed E-state index contributed by atoms with van der Waals surface area (Å²) < 4.78 is 4.48. The van der Waals surface area contributed by atoms with Crippen LogP contribution in [-0.4, -0.2) is 33.9 Å². The molecular weight excluding hydrogens is 204 g/mol. The Hall–Kier alpha value is -0.130. The van der Waals surface area contributed by atoms with E-state index in [2.05, 4.69) is 20.7 Å². The highest BCUT2D eigenvalue weighted by molar-refractivity contribution is 9.09. The van der Waals surface area contributed by atoms with E-state index >= 15 is 0 Å². The second kappa shape index (κ2) is 4.65. The largest absolute Gasteiger partial charge is 0.458 e. The second-order valence-corrected chi connectivity index (χ2v) is 2.63. The zero-order valence-electron chi connectivity index (χ0n) is 5.45. The average molecular weight is 213 g/mol. The van der Waals surface area contributed by atoms with E-state index in [0.29, 0.717) is 0 Å². The predicted molar refractivity (Wildman–Crippen MR) is 37.6 cm³/mol. The summed E-state index contributed by atoms with van der Waals surface area (Å²) in [5.74, 6) is -0.790. The Bertz CT molecular complexity index is 114. The first kappa shape index (κ1) is 9.87. The zero-order valence-corrected chi connectivity index (χ0v) is 7.04. The third-order valence-corrected chi connectivity index (χ3v) is 1.14. The molecule has 0 fully saturated rings. The molecule has 0 aromatic rings. The van der Waals surface area contributed by atoms with Crippen molar-refractivity contribution in [1.82, 2.24) is 0 Å². The molecule has 0 amide bonds. The quantitative estimate of drug-likeness (QED) is 0.495. The van der Waals surface area contributed by atoms with Crippen LogP contribution in [0.4, 0.5) is 0 Å². The van der Waals surface area contributed by atoms with Crippen molar-refractivity contribution in [2.45, 2.75) is 18.0 Å². The summed E-state index contributed by atoms with van der Waals surface area (Å²) in [6.07, 6.45) is -0.570. The molecule has 0 aliphatic rings. The van der Waals surface area contributed by atoms with Crippen LogP contribution in [0.5, 0.6) is 0 Å². The van der Waals surface area contributed by atoms with E-state index in [-0.39, 0.29) is 6.61 Å². The first-order valence-electron chi connectivity index (χ1n) is 2.71. The van der Waals surface area contributed by atoms with E-state index in [1.807, 2.05) is 0 Å². The molecule has 4 nitrogen and oxygen atoms in total. The number of alkyl halides is 1. The maximum atomic E-state index is 10.5. The van der Waals surface area contributed by atoms with Gasteiger partial charge in [0, 0.05) is 0 Å². The summed E-state index contributed by atoms with van der Waals surface area (Å²) >= 11 is 2.60. The number of rotatable bonds is 3. The van der Waals surface area contributed by atoms with Gasteiger partial charge in [0.1, 0.15) is 6.10 Å². The summed E-state index contributed by atoms with van der Waals surface area (Å²) in [5, 5.41) is 15.6. The maximum absolute atomic E-state index is 10.5. The van der Waals surface area contributed by atoms with Crippen LogP contribution >= 0.6 is 15.9 Å². The lowest BCUT2D eigenvalue weighted by atomic mass is 10.4. The van der Waals surface area contributed by atoms with Gasteiger partial charge in [-0.3, -0.25) is 0 Å². The maximum Gasteiger partial charge on any atom is 0.346 e. The van der Waals surface area contributed by atoms with Gasteiger partial charge in [0.05, 0.1) is 6.61 Å². The van der Waals surface area contributed by atoms with Crippen LogP contribution < -0.4 is 0 Å². The number of carbonyl (C=O) groups excluding carboxylic acids is 1. The SMILES string of the molecule is CC(CO)OC(=O)C(O)Br. The van der Waals surface area contributed by atoms with Crippen molar-refractivity contribution >= 4 is 21.9 Å². The van der Waals surface area contributed by atoms with Crippen LogP contribution in [0.2, 0.25) is 0 Å². The van der Waals surface area contributed by atoms with E-state index < -0.39 is 17.1 Å². The minimum atomic E-state index is -1.30. The van der Waals surface area contributed by atoms with Gasteiger partial charge in [-0.05, 0) is 22.9 Å². The molecule has 2 unspecified atom stereocenters. The van der Waals surface area contributed by atoms with E-state index in [4.69, 9.17) is 10.2 Å². The smallest absolute Gasteiger partial charge is 0.346 e. The third-order valence-electron chi connectivity index (χ3n) is 0.769. The highest BCUT2D eigenvalue weighted by atomic mass is 79.9. The molecule has 0 aliphatic heterocycles. The van der Waals surface area contributed by atoms with Crippen LogP contribution in [0, 0.1) is 0 Å². The molecule has 10 heavy (non-hydrogen) atoms. The van der Waals surface area contributed by atoms with Crippen LogP contribution in [0.3, 0.4) is 0 Å². The molecule has 0 heterocycles. The normalized spacial score (nSPS) is 16.0. The van der Waals surface area contributed by atoms with Gasteiger partial charge in [0.25, 0.3) is 0 Å². The first-order chi connectivity index (χ1) is 4.57. The van der Waals surface area contributed by atoms with Crippen molar-refractivity contribution in [2.75, 3.05) is 6.61 Å². The molecule has 0 aromatic carbocycles. The van der Waals surface area contributed by atoms with Crippen LogP contribution in [0.25, 0.3) is 0 Å². The molecule has 0 aromatic heterocycles. The monoisotopic (exact) mass is 212 g/mol. The van der Waals surface area contributed by atoms with Gasteiger partial charge in [-0.25, -0.2) is 4.79 Å². The Labute approximate surface area is 66.9 Å². The third kappa shape index (κ3) is 3.81. The molecule has 60 valence electrons. The number of carbonyl (C=O) groups is 1. The molecule has 2 atom stereocenters. The van der Waals surface area contributed by atoms with Gasteiger partial charge in [-0.2, -0.15) is 0 Å². The standard InChI is InChI=1S/C5H9BrO4/c1-3(2-7)10-5(9)4(6)8/h3-4,7-8H,2H2,1H3. The van der Waals surface area contributed by atoms with Crippen LogP contribution in [0.1, 0.15) is 6.92 Å². The fourth-order valence-corrected chi connectivity index (χ4v) is 0.400. The molecule has 0 saturated heterocycles. The second-order valence-electron chi connectivity index (χ2n) is 1.77. The van der Waals surface area contributed by atoms with E-state index in [0.717, 1.165) is 0 Å². The van der Waals surface area contributed by atoms with Gasteiger partial charge in [0.15, 0.2) is 0 Å². The molecule has 0 aliphatic carbocycles. The van der Waals surface area contributed by atoms with Gasteiger partial charge < -0.3 is 14.9 Å². The number of hydrogen-bond donors (Lipinski definition) is 2. The first-order valence-corrected chi connectivity index (χ1v) is 3.63. The highest BCUT2D eigenvalue weighted by Gasteiger charge is 2.14. The summed E-state index contributed by atoms with van der Waals surface area (Å²) in [6.45, 7) is 1.28. The summed E-state index contributed by atoms with van der Waals surface area (Å²) in [5.41, 5.74) is 0. The number of aliphatic hydroxyl groups excluding tert-OH is 2. The Kier molecular flexibility index (Phi) is 4.59. The van der Waals surface area contributed by atoms with Crippen molar-refractivity contribution in [3.63, 3.8) is 0 Å². The van der Waals surface area contributed by atoms with Crippen molar-refractivity contribution in [3.8, 4) is 0 Å². The Balaban J connectivity index is 3.57. The number of ether oxygens (including phenoxy) is 1. The van der Waals surface area contributed by atoms with E-state index in [1.165, 1.54) is 6.92 Å². The van der Waals surface area contributed by atoms with Gasteiger partial charge in [0.2, 0.25) is 5.01 Å². The summed E-state index contributed by atoms with van der Waals surface area (Å²) in [4.78, 5) is 10.5. The van der Waals surface area contributed by atoms with Crippen molar-refractivity contribution in [1.29, 1.82) is 0 Å². The van der Waals surface area contributed by atoms with Gasteiger partial charge >= 0.3 is 5.97 Å². The lowest BCUT2D eigenvalue weighted by molar-refractivity contribution is -0.154. The van der Waals surface area contributed by atoms with Gasteiger partial charge in [-0.15, -0.1) is 0 Å². The molecule has 2 N–H and O–H groups in total. The number of halogens is 1. The molecule has 5 heteroatoms. The Morgan fingerprint density at radius 3 is 2.60 bits per heavy atom. The number of hydrogen-bond acceptors (Lipinski definition) is 4. The fraction of sp³-hybridized carbons (Fsp3) is 0.800. The van der Waals surface area contributed by atoms with Gasteiger partial charge in [-0.1, -0.05) is 0 Å². The fourth-order valence-electron chi connectivity index (χ4n) is 0.292.